The van der Waals surface area contributed by atoms with Crippen molar-refractivity contribution in [2.24, 2.45) is 0 Å². The Morgan fingerprint density at radius 2 is 1.83 bits per heavy atom. The van der Waals surface area contributed by atoms with Crippen LogP contribution in [0.25, 0.3) is 20.8 Å². The quantitative estimate of drug-likeness (QED) is 0.836. The van der Waals surface area contributed by atoms with E-state index in [1.54, 1.807) is 0 Å². The number of benzene rings is 2. The molecule has 2 aromatic rings. The fourth-order valence-electron chi connectivity index (χ4n) is 2.55. The zero-order valence-electron chi connectivity index (χ0n) is 9.65. The van der Waals surface area contributed by atoms with Crippen LogP contribution in [0.5, 0.6) is 0 Å². The molecule has 1 atom stereocenters. The highest BCUT2D eigenvalue weighted by molar-refractivity contribution is 9.15. The Morgan fingerprint density at radius 3 is 2.50 bits per heavy atom. The van der Waals surface area contributed by atoms with E-state index in [-0.39, 0.29) is 0 Å². The van der Waals surface area contributed by atoms with Crippen LogP contribution in [0.2, 0.25) is 0 Å². The van der Waals surface area contributed by atoms with E-state index in [1.165, 1.54) is 10.8 Å². The lowest BCUT2D eigenvalue weighted by Crippen LogP contribution is -2.07. The standard InChI is InChI=1S/C16H11BrO/c1-2-5-13(18)15-11-8-3-6-10-7-4-9-12(14(10)11)16(15)17/h1,3-4,6-9,13,18H,5H2. The van der Waals surface area contributed by atoms with Gasteiger partial charge in [0.05, 0.1) is 6.10 Å². The smallest absolute Gasteiger partial charge is 0.0916 e. The van der Waals surface area contributed by atoms with Crippen LogP contribution in [0.1, 0.15) is 17.5 Å². The third-order valence-corrected chi connectivity index (χ3v) is 4.17. The Bertz CT molecular complexity index is 701. The Hall–Kier alpha value is -1.56. The van der Waals surface area contributed by atoms with Crippen LogP contribution in [0.4, 0.5) is 0 Å². The molecule has 1 aliphatic carbocycles. The van der Waals surface area contributed by atoms with Crippen LogP contribution < -0.4 is 0 Å². The molecule has 0 spiro atoms. The molecule has 3 rings (SSSR count). The van der Waals surface area contributed by atoms with E-state index < -0.39 is 6.10 Å². The minimum absolute atomic E-state index is 0.328. The van der Waals surface area contributed by atoms with Gasteiger partial charge in [0.2, 0.25) is 0 Å². The van der Waals surface area contributed by atoms with Crippen LogP contribution in [0.3, 0.4) is 0 Å². The van der Waals surface area contributed by atoms with Gasteiger partial charge in [0, 0.05) is 16.5 Å². The molecule has 0 heterocycles. The first-order chi connectivity index (χ1) is 8.74. The second kappa shape index (κ2) is 4.28. The second-order valence-electron chi connectivity index (χ2n) is 4.36. The molecule has 2 aromatic carbocycles. The molecule has 0 saturated carbocycles. The predicted molar refractivity (Wildman–Crippen MR) is 79.1 cm³/mol. The molecule has 0 fully saturated rings. The van der Waals surface area contributed by atoms with Gasteiger partial charge in [0.25, 0.3) is 0 Å². The van der Waals surface area contributed by atoms with Gasteiger partial charge < -0.3 is 5.11 Å². The van der Waals surface area contributed by atoms with Crippen molar-refractivity contribution >= 4 is 36.8 Å². The summed E-state index contributed by atoms with van der Waals surface area (Å²) < 4.78 is 0.956. The van der Waals surface area contributed by atoms with Crippen LogP contribution >= 0.6 is 15.9 Å². The maximum atomic E-state index is 10.2. The maximum absolute atomic E-state index is 10.2. The minimum atomic E-state index is -0.623. The topological polar surface area (TPSA) is 20.2 Å². The zero-order valence-corrected chi connectivity index (χ0v) is 11.2. The van der Waals surface area contributed by atoms with E-state index >= 15 is 0 Å². The third kappa shape index (κ3) is 1.52. The number of rotatable bonds is 2. The van der Waals surface area contributed by atoms with Crippen molar-refractivity contribution in [1.82, 2.24) is 0 Å². The summed E-state index contributed by atoms with van der Waals surface area (Å²) in [5.41, 5.74) is 3.12. The molecule has 1 aliphatic rings. The van der Waals surface area contributed by atoms with Gasteiger partial charge in [0.1, 0.15) is 0 Å². The highest BCUT2D eigenvalue weighted by Gasteiger charge is 2.26. The molecule has 18 heavy (non-hydrogen) atoms. The molecule has 1 nitrogen and oxygen atoms in total. The van der Waals surface area contributed by atoms with Crippen molar-refractivity contribution in [3.05, 3.63) is 47.5 Å². The monoisotopic (exact) mass is 298 g/mol. The highest BCUT2D eigenvalue weighted by atomic mass is 79.9. The summed E-state index contributed by atoms with van der Waals surface area (Å²) in [5.74, 6) is 2.52. The van der Waals surface area contributed by atoms with Crippen molar-refractivity contribution in [2.75, 3.05) is 0 Å². The minimum Gasteiger partial charge on any atom is -0.387 e. The number of aliphatic hydroxyl groups is 1. The van der Waals surface area contributed by atoms with Crippen LogP contribution in [0.15, 0.2) is 36.4 Å². The van der Waals surface area contributed by atoms with Gasteiger partial charge >= 0.3 is 0 Å². The van der Waals surface area contributed by atoms with Gasteiger partial charge in [-0.15, -0.1) is 12.3 Å². The fourth-order valence-corrected chi connectivity index (χ4v) is 3.36. The predicted octanol–water partition coefficient (Wildman–Crippen LogP) is 3.80. The molecular formula is C16H11BrO. The fraction of sp³-hybridized carbons (Fsp3) is 0.125. The molecule has 0 radical (unpaired) electrons. The highest BCUT2D eigenvalue weighted by Crippen LogP contribution is 2.46. The number of halogens is 1. The van der Waals surface area contributed by atoms with Gasteiger partial charge in [-0.3, -0.25) is 0 Å². The zero-order chi connectivity index (χ0) is 12.7. The lowest BCUT2D eigenvalue weighted by Gasteiger charge is -2.11. The second-order valence-corrected chi connectivity index (χ2v) is 5.15. The average Bonchev–Trinajstić information content (AvgIpc) is 2.66. The Morgan fingerprint density at radius 1 is 1.17 bits per heavy atom. The molecule has 2 heteroatoms. The molecule has 0 aromatic heterocycles. The normalized spacial score (nSPS) is 14.9. The first-order valence-corrected chi connectivity index (χ1v) is 6.57. The van der Waals surface area contributed by atoms with E-state index in [1.807, 2.05) is 18.2 Å². The van der Waals surface area contributed by atoms with Crippen LogP contribution in [0, 0.1) is 12.3 Å². The van der Waals surface area contributed by atoms with Gasteiger partial charge in [-0.25, -0.2) is 0 Å². The SMILES string of the molecule is C#CCC(O)C1=C(Br)c2cccc3cccc1c23. The lowest BCUT2D eigenvalue weighted by atomic mass is 9.98. The van der Waals surface area contributed by atoms with Gasteiger partial charge in [-0.1, -0.05) is 36.4 Å². The van der Waals surface area contributed by atoms with Crippen LogP contribution in [-0.2, 0) is 0 Å². The van der Waals surface area contributed by atoms with E-state index in [2.05, 4.69) is 40.0 Å². The summed E-state index contributed by atoms with van der Waals surface area (Å²) in [6.07, 6.45) is 5.00. The van der Waals surface area contributed by atoms with Crippen LogP contribution in [-0.4, -0.2) is 11.2 Å². The molecule has 1 unspecified atom stereocenters. The molecule has 0 amide bonds. The lowest BCUT2D eigenvalue weighted by molar-refractivity contribution is 0.239. The number of hydrogen-bond acceptors (Lipinski definition) is 1. The first kappa shape index (κ1) is 11.5. The largest absolute Gasteiger partial charge is 0.387 e. The number of aliphatic hydroxyl groups excluding tert-OH is 1. The average molecular weight is 299 g/mol. The Labute approximate surface area is 114 Å². The maximum Gasteiger partial charge on any atom is 0.0916 e. The van der Waals surface area contributed by atoms with Gasteiger partial charge in [0.15, 0.2) is 0 Å². The Balaban J connectivity index is 2.29. The molecule has 88 valence electrons. The van der Waals surface area contributed by atoms with Crippen molar-refractivity contribution in [3.63, 3.8) is 0 Å². The molecule has 0 saturated heterocycles. The first-order valence-electron chi connectivity index (χ1n) is 5.77. The van der Waals surface area contributed by atoms with Crippen molar-refractivity contribution in [1.29, 1.82) is 0 Å². The van der Waals surface area contributed by atoms with Crippen molar-refractivity contribution < 1.29 is 5.11 Å². The Kier molecular flexibility index (Phi) is 2.74. The van der Waals surface area contributed by atoms with Crippen molar-refractivity contribution in [2.45, 2.75) is 12.5 Å². The van der Waals surface area contributed by atoms with E-state index in [0.29, 0.717) is 6.42 Å². The summed E-state index contributed by atoms with van der Waals surface area (Å²) in [6, 6.07) is 12.3. The summed E-state index contributed by atoms with van der Waals surface area (Å²) in [4.78, 5) is 0. The molecule has 0 bridgehead atoms. The van der Waals surface area contributed by atoms with Gasteiger partial charge in [-0.2, -0.15) is 0 Å². The summed E-state index contributed by atoms with van der Waals surface area (Å²) >= 11 is 3.60. The summed E-state index contributed by atoms with van der Waals surface area (Å²) in [6.45, 7) is 0. The molecular weight excluding hydrogens is 288 g/mol. The van der Waals surface area contributed by atoms with E-state index in [9.17, 15) is 5.11 Å². The molecule has 1 N–H and O–H groups in total. The summed E-state index contributed by atoms with van der Waals surface area (Å²) in [7, 11) is 0. The summed E-state index contributed by atoms with van der Waals surface area (Å²) in [5, 5.41) is 12.6. The number of terminal acetylenes is 1. The van der Waals surface area contributed by atoms with Gasteiger partial charge in [-0.05, 0) is 37.8 Å². The molecule has 0 aliphatic heterocycles. The number of hydrogen-bond donors (Lipinski definition) is 1. The van der Waals surface area contributed by atoms with Crippen molar-refractivity contribution in [3.8, 4) is 12.3 Å². The van der Waals surface area contributed by atoms with E-state index in [4.69, 9.17) is 6.42 Å². The third-order valence-electron chi connectivity index (χ3n) is 3.31. The van der Waals surface area contributed by atoms with E-state index in [0.717, 1.165) is 21.2 Å².